The van der Waals surface area contributed by atoms with Crippen LogP contribution in [0.5, 0.6) is 52.1 Å². The van der Waals surface area contributed by atoms with Gasteiger partial charge >= 0.3 is 19.8 Å². The van der Waals surface area contributed by atoms with Crippen LogP contribution in [0.15, 0.2) is 169 Å². The zero-order valence-electron chi connectivity index (χ0n) is 78.1. The predicted octanol–water partition coefficient (Wildman–Crippen LogP) is 25.3. The van der Waals surface area contributed by atoms with Crippen LogP contribution in [0.1, 0.15) is 188 Å². The summed E-state index contributed by atoms with van der Waals surface area (Å²) in [6.45, 7) is 0.735. The number of hydrogen-bond acceptors (Lipinski definition) is 24. The number of hydrogen-bond donors (Lipinski definition) is 4. The molecule has 3 aliphatic heterocycles. The van der Waals surface area contributed by atoms with Crippen LogP contribution in [0.3, 0.4) is 0 Å². The summed E-state index contributed by atoms with van der Waals surface area (Å²) in [5, 5.41) is 21.2. The zero-order chi connectivity index (χ0) is 100. The topological polar surface area (TPSA) is 339 Å². The number of para-hydroxylation sites is 3. The molecule has 0 spiro atoms. The number of anilines is 2. The van der Waals surface area contributed by atoms with Crippen LogP contribution in [0, 0.1) is 67.0 Å². The molecule has 6 aromatic carbocycles. The summed E-state index contributed by atoms with van der Waals surface area (Å²) in [5.41, 5.74) is 30.0. The van der Waals surface area contributed by atoms with Crippen LogP contribution < -0.4 is 50.9 Å². The van der Waals surface area contributed by atoms with Gasteiger partial charge in [0.1, 0.15) is 40.5 Å². The minimum absolute atomic E-state index is 0. The van der Waals surface area contributed by atoms with E-state index >= 15 is 0 Å². The van der Waals surface area contributed by atoms with Crippen LogP contribution in [-0.4, -0.2) is 167 Å². The molecule has 43 heteroatoms. The van der Waals surface area contributed by atoms with Gasteiger partial charge < -0.3 is 75.0 Å². The molecule has 0 bridgehead atoms. The number of pyridine rings is 3. The van der Waals surface area contributed by atoms with Crippen molar-refractivity contribution in [2.45, 2.75) is 123 Å². The lowest BCUT2D eigenvalue weighted by molar-refractivity contribution is -0.112. The number of aromatic nitrogens is 7. The van der Waals surface area contributed by atoms with Gasteiger partial charge in [0.15, 0.2) is 46.5 Å². The number of aryl methyl sites for hydroxylation is 3. The Kier molecular flexibility index (Phi) is 36.8. The Hall–Kier alpha value is -13.4. The number of Topliss-reactive ketones (excluding diaryl/α,β-unsaturated/α-hetero) is 3. The first-order valence-corrected chi connectivity index (χ1v) is 43.5. The van der Waals surface area contributed by atoms with E-state index in [1.54, 1.807) is 75.3 Å². The number of nitrogens with two attached hydrogens (primary N) is 3. The molecule has 788 valence electrons. The monoisotopic (exact) mass is 2160 g/mol. The minimum atomic E-state index is -3.02. The number of halogens is 15. The molecule has 17 rings (SSSR count). The maximum absolute atomic E-state index is 14.0. The first-order chi connectivity index (χ1) is 67.2. The van der Waals surface area contributed by atoms with E-state index in [0.29, 0.717) is 138 Å². The average molecular weight is 2160 g/mol. The Morgan fingerprint density at radius 2 is 0.858 bits per heavy atom. The minimum Gasteiger partial charge on any atom is -0.435 e. The quantitative estimate of drug-likeness (QED) is 0.00643. The van der Waals surface area contributed by atoms with Gasteiger partial charge in [-0.3, -0.25) is 14.4 Å². The van der Waals surface area contributed by atoms with Crippen molar-refractivity contribution in [2.24, 2.45) is 5.73 Å². The van der Waals surface area contributed by atoms with Gasteiger partial charge in [-0.15, -0.1) is 48.8 Å². The number of allylic oxidation sites excluding steroid dienone is 4. The van der Waals surface area contributed by atoms with Crippen molar-refractivity contribution in [2.75, 3.05) is 64.8 Å². The SMILES string of the molecule is CN(C)/C=C(\C#N)C(=O)C1=Cc2cc(OC(F)F)c(C3CCN([B]C=O)CC3)cc2C1.Cc1cc(Oc2c(F)cccc2F)ncc1-n1ncc(C(=O)C2=Cc3cc(OC(F)F)c(C4CCN([B]C=O)CC4)cc3C2)c1N.Cc1cc(Oc2c(F)cccc2F)ncc1-n1ncc(C(=O)C2=Cc3cc(OC(F)F)c(C4CCNCC4)cc3C2)c1N.Cc1cc(Oc2c(F)cccc2F)ncc1CN.Cl.Cl.I.[3H][3H].[HH].[HH].[HH].[HH].[HH].[HH].[HH].[HH].[HH].[HH].[HH].[HH].[HH].[HH].[HH].[HH].[HH].[HH].[HH].[HH].[HH].[HH].[HH].[HH].[HH]. The summed E-state index contributed by atoms with van der Waals surface area (Å²) < 4.78 is 205. The Morgan fingerprint density at radius 3 is 1.18 bits per heavy atom. The standard InChI is InChI=1S/C32H27BF4N5O4.C31H27F4N5O3.C22H23BF2N3O3.C13H12F2N2O.2ClH.HI.26H2/c1-17-9-28(46-30-24(34)3-2-4-25(30)35)39-15-26(17)42-31(38)23(14-40-42)29(44)21-10-19-12-22(18-5-7-41(8-6-18)33-16-43)27(45-32(36)37)13-20(19)11-21;1-16-9-27(43-29-23(32)3-2-4-24(29)33)38-15-25(16)40-30(36)22(14-39-40)28(41)20-10-18-12-21(17-5-7-37-8-6-17)26(42-31(34)35)13-19(18)11-20;1-27(2)12-18(11-26)21(30)17-7-15-9-19(14-3-5-28(6-4-14)23-13-29)20(31-22(24)25)10-16(15)8-17;1-8-5-12(17-7-9(8)6-16)18-13-10(14)3-2-4-11(13)15;;;;;;;;;;;;;;;;;;;;;;;;;;;;;/h2-4,9,11-16,18,32H,5-8,10,38H2,1H3;2-4,9,11-15,17,31,37H,5-8,10,36H2,1H3;8-10,12-14,22H,3-7H2,1-2H3;2-5,7H,6,16H2,1H3;29*1H/b;;18-12+;;;;;;;;;;;;;;;;;;;;;;;;;;;;;;/i;;;;;;;1+2T;;;;;;;;;;;;;;;;;;;;;;;;;. The molecule has 0 amide bonds. The maximum atomic E-state index is 14.0. The number of carbonyl (C=O) groups is 5. The maximum Gasteiger partial charge on any atom is 0.387 e. The molecule has 26 nitrogen and oxygen atoms in total. The summed E-state index contributed by atoms with van der Waals surface area (Å²) in [4.78, 5) is 79.1. The molecule has 5 aromatic heterocycles. The summed E-state index contributed by atoms with van der Waals surface area (Å²) in [7, 11) is 6.41. The summed E-state index contributed by atoms with van der Waals surface area (Å²) in [6.07, 6.45) is 20.0. The smallest absolute Gasteiger partial charge is 0.387 e. The number of ether oxygens (including phenoxy) is 6. The molecule has 2 radical (unpaired) electrons. The number of carbonyl (C=O) groups excluding carboxylic acids is 5. The molecule has 3 aliphatic carbocycles. The fraction of sp³-hybridized carbons (Fsp3) is 0.276. The summed E-state index contributed by atoms with van der Waals surface area (Å²) >= 11 is 0. The van der Waals surface area contributed by atoms with Gasteiger partial charge in [-0.05, 0) is 261 Å². The van der Waals surface area contributed by atoms with Crippen LogP contribution in [0.25, 0.3) is 29.6 Å². The number of alkyl halides is 6. The van der Waals surface area contributed by atoms with E-state index in [-0.39, 0.29) is 189 Å². The molecule has 3 fully saturated rings. The van der Waals surface area contributed by atoms with Gasteiger partial charge in [0.05, 0.1) is 59.7 Å². The van der Waals surface area contributed by atoms with E-state index in [1.165, 1.54) is 91.7 Å². The second kappa shape index (κ2) is 48.7. The Labute approximate surface area is 872 Å². The van der Waals surface area contributed by atoms with E-state index < -0.39 is 72.0 Å². The summed E-state index contributed by atoms with van der Waals surface area (Å²) in [5.74, 6) is -7.25. The highest BCUT2D eigenvalue weighted by atomic mass is 127. The van der Waals surface area contributed by atoms with Crippen molar-refractivity contribution in [3.63, 3.8) is 0 Å². The summed E-state index contributed by atoms with van der Waals surface area (Å²) in [6, 6.07) is 26.9. The molecule has 6 aliphatic rings. The van der Waals surface area contributed by atoms with Gasteiger partial charge in [0.25, 0.3) is 14.8 Å². The number of nitrogens with one attached hydrogen (secondary N) is 1. The van der Waals surface area contributed by atoms with Crippen molar-refractivity contribution in [3.05, 3.63) is 287 Å². The third-order valence-corrected chi connectivity index (χ3v) is 23.9. The lowest BCUT2D eigenvalue weighted by Gasteiger charge is -2.32. The molecular formula is C98H144B2Cl2F12IN15O11. The highest BCUT2D eigenvalue weighted by Gasteiger charge is 2.35. The third-order valence-electron chi connectivity index (χ3n) is 23.9. The number of benzene rings is 6. The first kappa shape index (κ1) is 106. The van der Waals surface area contributed by atoms with Crippen LogP contribution in [0.4, 0.5) is 64.3 Å². The Morgan fingerprint density at radius 1 is 0.525 bits per heavy atom. The van der Waals surface area contributed by atoms with Gasteiger partial charge in [-0.1, -0.05) is 36.4 Å². The van der Waals surface area contributed by atoms with Crippen molar-refractivity contribution >= 4 is 123 Å². The Bertz CT molecular complexity index is 6700. The molecule has 0 saturated carbocycles. The number of piperidine rings is 3. The second-order valence-electron chi connectivity index (χ2n) is 33.2. The third kappa shape index (κ3) is 25.9. The van der Waals surface area contributed by atoms with E-state index in [0.717, 1.165) is 108 Å². The molecule has 8 heterocycles. The van der Waals surface area contributed by atoms with Crippen LogP contribution >= 0.6 is 48.8 Å². The lowest BCUT2D eigenvalue weighted by Crippen LogP contribution is -2.36. The average Bonchev–Trinajstić information content (AvgIpc) is 1.63. The lowest BCUT2D eigenvalue weighted by atomic mass is 9.83. The number of fused-ring (bicyclic) bond motifs is 3. The molecule has 7 N–H and O–H groups in total. The number of rotatable bonds is 29. The first-order valence-electron chi connectivity index (χ1n) is 44.5. The molecule has 11 aromatic rings. The van der Waals surface area contributed by atoms with Crippen molar-refractivity contribution < 1.29 is 144 Å². The number of nitriles is 1. The number of nitrogen functional groups attached to an aromatic ring is 2. The van der Waals surface area contributed by atoms with Gasteiger partial charge in [0.2, 0.25) is 40.7 Å². The fourth-order valence-electron chi connectivity index (χ4n) is 17.0. The highest BCUT2D eigenvalue weighted by Crippen LogP contribution is 2.46. The van der Waals surface area contributed by atoms with Crippen LogP contribution in [0.2, 0.25) is 0 Å². The zero-order valence-corrected chi connectivity index (χ0v) is 80.0. The van der Waals surface area contributed by atoms with Gasteiger partial charge in [-0.25, -0.2) is 50.7 Å². The van der Waals surface area contributed by atoms with Crippen molar-refractivity contribution in [1.82, 2.24) is 54.4 Å². The van der Waals surface area contributed by atoms with Gasteiger partial charge in [0, 0.05) is 126 Å². The second-order valence-corrected chi connectivity index (χ2v) is 33.2. The van der Waals surface area contributed by atoms with E-state index in [2.05, 4.69) is 30.5 Å². The Balaban J connectivity index is -0.000000128. The van der Waals surface area contributed by atoms with Crippen LogP contribution in [-0.2, 0) is 40.2 Å². The normalized spacial score (nSPS) is 14.6. The molecule has 0 unspecified atom stereocenters. The van der Waals surface area contributed by atoms with Crippen molar-refractivity contribution in [1.29, 1.82) is 5.26 Å². The number of ketones is 3. The molecule has 0 atom stereocenters. The molecule has 141 heavy (non-hydrogen) atoms. The van der Waals surface area contributed by atoms with E-state index in [4.69, 9.17) is 48.6 Å². The molecular weight excluding hydrogens is 2010 g/mol. The largest absolute Gasteiger partial charge is 0.435 e. The fourth-order valence-corrected chi connectivity index (χ4v) is 17.0. The number of nitrogens with zero attached hydrogens (tertiary/aromatic N) is 11. The van der Waals surface area contributed by atoms with E-state index in [1.807, 2.05) is 40.8 Å². The highest BCUT2D eigenvalue weighted by molar-refractivity contribution is 14.0. The van der Waals surface area contributed by atoms with Crippen molar-refractivity contribution in [3.8, 4) is 69.6 Å². The molecule has 3 saturated heterocycles. The van der Waals surface area contributed by atoms with Gasteiger partial charge in [-0.2, -0.15) is 41.8 Å². The van der Waals surface area contributed by atoms with E-state index in [9.17, 15) is 81.9 Å². The predicted molar refractivity (Wildman–Crippen MR) is 574 cm³/mol.